The maximum atomic E-state index is 11.6. The van der Waals surface area contributed by atoms with Crippen LogP contribution in [-0.2, 0) is 9.31 Å². The highest BCUT2D eigenvalue weighted by Crippen LogP contribution is 2.36. The zero-order valence-corrected chi connectivity index (χ0v) is 12.3. The maximum Gasteiger partial charge on any atom is 0.494 e. The number of hydrogen-bond acceptors (Lipinski definition) is 3. The number of hydrogen-bond donors (Lipinski definition) is 0. The molecule has 1 aromatic carbocycles. The summed E-state index contributed by atoms with van der Waals surface area (Å²) < 4.78 is 11.9. The van der Waals surface area contributed by atoms with Gasteiger partial charge in [0.2, 0.25) is 0 Å². The highest BCUT2D eigenvalue weighted by atomic mass is 16.7. The molecule has 0 aromatic heterocycles. The Hall–Kier alpha value is -1.13. The average molecular weight is 260 g/mol. The van der Waals surface area contributed by atoms with Crippen LogP contribution in [-0.4, -0.2) is 24.1 Å². The molecule has 0 saturated carbocycles. The van der Waals surface area contributed by atoms with Crippen molar-refractivity contribution in [2.45, 2.75) is 52.2 Å². The van der Waals surface area contributed by atoms with Crippen molar-refractivity contribution in [1.29, 1.82) is 0 Å². The Labute approximate surface area is 115 Å². The van der Waals surface area contributed by atoms with Crippen molar-refractivity contribution in [2.24, 2.45) is 0 Å². The number of carbonyl (C=O) groups is 1. The molecule has 102 valence electrons. The van der Waals surface area contributed by atoms with Gasteiger partial charge in [0, 0.05) is 12.0 Å². The number of rotatable bonds is 3. The Morgan fingerprint density at radius 1 is 1.05 bits per heavy atom. The molecule has 1 aliphatic heterocycles. The molecule has 1 aliphatic rings. The van der Waals surface area contributed by atoms with Crippen LogP contribution >= 0.6 is 0 Å². The van der Waals surface area contributed by atoms with Crippen LogP contribution in [0.1, 0.15) is 51.4 Å². The first kappa shape index (κ1) is 14.3. The van der Waals surface area contributed by atoms with E-state index in [-0.39, 0.29) is 24.1 Å². The van der Waals surface area contributed by atoms with E-state index < -0.39 is 0 Å². The molecule has 1 aromatic rings. The van der Waals surface area contributed by atoms with Gasteiger partial charge in [-0.25, -0.2) is 0 Å². The molecule has 2 rings (SSSR count). The normalized spacial score (nSPS) is 20.6. The van der Waals surface area contributed by atoms with Crippen molar-refractivity contribution < 1.29 is 14.1 Å². The zero-order valence-electron chi connectivity index (χ0n) is 12.3. The van der Waals surface area contributed by atoms with Crippen LogP contribution in [0.3, 0.4) is 0 Å². The van der Waals surface area contributed by atoms with Gasteiger partial charge in [0.1, 0.15) is 0 Å². The van der Waals surface area contributed by atoms with Crippen LogP contribution < -0.4 is 5.46 Å². The summed E-state index contributed by atoms with van der Waals surface area (Å²) in [7, 11) is -0.365. The molecule has 0 amide bonds. The van der Waals surface area contributed by atoms with E-state index >= 15 is 0 Å². The van der Waals surface area contributed by atoms with Gasteiger partial charge < -0.3 is 9.31 Å². The number of ketones is 1. The van der Waals surface area contributed by atoms with Crippen LogP contribution in [0.15, 0.2) is 24.3 Å². The number of benzene rings is 1. The molecule has 0 N–H and O–H groups in total. The molecular formula is C15H21BO3. The molecule has 3 nitrogen and oxygen atoms in total. The van der Waals surface area contributed by atoms with Crippen LogP contribution in [0.4, 0.5) is 0 Å². The van der Waals surface area contributed by atoms with E-state index in [4.69, 9.17) is 9.31 Å². The molecule has 0 spiro atoms. The molecule has 1 saturated heterocycles. The number of carbonyl (C=O) groups excluding carboxylic acids is 1. The summed E-state index contributed by atoms with van der Waals surface area (Å²) in [6.45, 7) is 9.98. The second-order valence-electron chi connectivity index (χ2n) is 5.99. The zero-order chi connectivity index (χ0) is 14.3. The third kappa shape index (κ3) is 2.60. The molecule has 0 bridgehead atoms. The Balaban J connectivity index is 2.19. The molecule has 0 atom stereocenters. The van der Waals surface area contributed by atoms with E-state index in [0.29, 0.717) is 6.42 Å². The Morgan fingerprint density at radius 3 is 1.95 bits per heavy atom. The van der Waals surface area contributed by atoms with Crippen molar-refractivity contribution in [3.05, 3.63) is 29.8 Å². The highest BCUT2D eigenvalue weighted by Gasteiger charge is 2.51. The molecule has 0 aliphatic carbocycles. The van der Waals surface area contributed by atoms with Gasteiger partial charge in [0.15, 0.2) is 5.78 Å². The smallest absolute Gasteiger partial charge is 0.399 e. The van der Waals surface area contributed by atoms with E-state index in [9.17, 15) is 4.79 Å². The molecule has 0 radical (unpaired) electrons. The van der Waals surface area contributed by atoms with Gasteiger partial charge >= 0.3 is 7.12 Å². The lowest BCUT2D eigenvalue weighted by Crippen LogP contribution is -2.41. The summed E-state index contributed by atoms with van der Waals surface area (Å²) >= 11 is 0. The minimum atomic E-state index is -0.365. The second-order valence-corrected chi connectivity index (χ2v) is 5.99. The van der Waals surface area contributed by atoms with E-state index in [1.165, 1.54) is 0 Å². The third-order valence-corrected chi connectivity index (χ3v) is 4.08. The van der Waals surface area contributed by atoms with Crippen LogP contribution in [0.5, 0.6) is 0 Å². The standard InChI is InChI=1S/C15H21BO3/c1-6-13(17)11-7-9-12(10-8-11)16-18-14(2,3)15(4,5)19-16/h7-10H,6H2,1-5H3. The van der Waals surface area contributed by atoms with Crippen molar-refractivity contribution in [2.75, 3.05) is 0 Å². The second kappa shape index (κ2) is 4.76. The van der Waals surface area contributed by atoms with Crippen LogP contribution in [0.25, 0.3) is 0 Å². The van der Waals surface area contributed by atoms with Crippen molar-refractivity contribution in [3.8, 4) is 0 Å². The predicted molar refractivity (Wildman–Crippen MR) is 76.8 cm³/mol. The molecular weight excluding hydrogens is 239 g/mol. The van der Waals surface area contributed by atoms with Gasteiger partial charge in [-0.15, -0.1) is 0 Å². The average Bonchev–Trinajstić information content (AvgIpc) is 2.58. The van der Waals surface area contributed by atoms with E-state index in [1.54, 1.807) is 0 Å². The van der Waals surface area contributed by atoms with Gasteiger partial charge in [0.25, 0.3) is 0 Å². The van der Waals surface area contributed by atoms with Gasteiger partial charge in [-0.3, -0.25) is 4.79 Å². The molecule has 1 fully saturated rings. The van der Waals surface area contributed by atoms with Gasteiger partial charge in [-0.2, -0.15) is 0 Å². The fourth-order valence-corrected chi connectivity index (χ4v) is 2.01. The minimum absolute atomic E-state index is 0.153. The third-order valence-electron chi connectivity index (χ3n) is 4.08. The largest absolute Gasteiger partial charge is 0.494 e. The fourth-order valence-electron chi connectivity index (χ4n) is 2.01. The lowest BCUT2D eigenvalue weighted by molar-refractivity contribution is 0.00578. The summed E-state index contributed by atoms with van der Waals surface area (Å²) in [6.07, 6.45) is 0.524. The quantitative estimate of drug-likeness (QED) is 0.619. The lowest BCUT2D eigenvalue weighted by atomic mass is 9.78. The highest BCUT2D eigenvalue weighted by molar-refractivity contribution is 6.62. The lowest BCUT2D eigenvalue weighted by Gasteiger charge is -2.32. The van der Waals surface area contributed by atoms with E-state index in [2.05, 4.69) is 0 Å². The first-order valence-electron chi connectivity index (χ1n) is 6.75. The first-order valence-corrected chi connectivity index (χ1v) is 6.75. The molecule has 4 heteroatoms. The topological polar surface area (TPSA) is 35.5 Å². The predicted octanol–water partition coefficient (Wildman–Crippen LogP) is 2.58. The summed E-state index contributed by atoms with van der Waals surface area (Å²) in [5, 5.41) is 0. The summed E-state index contributed by atoms with van der Waals surface area (Å²) in [5.41, 5.74) is 1.01. The molecule has 1 heterocycles. The Morgan fingerprint density at radius 2 is 1.53 bits per heavy atom. The van der Waals surface area contributed by atoms with Crippen molar-refractivity contribution in [1.82, 2.24) is 0 Å². The van der Waals surface area contributed by atoms with Crippen LogP contribution in [0.2, 0.25) is 0 Å². The van der Waals surface area contributed by atoms with E-state index in [0.717, 1.165) is 11.0 Å². The van der Waals surface area contributed by atoms with Gasteiger partial charge in [-0.1, -0.05) is 31.2 Å². The fraction of sp³-hybridized carbons (Fsp3) is 0.533. The Bertz CT molecular complexity index is 461. The maximum absolute atomic E-state index is 11.6. The van der Waals surface area contributed by atoms with Crippen molar-refractivity contribution >= 4 is 18.4 Å². The SMILES string of the molecule is CCC(=O)c1ccc(B2OC(C)(C)C(C)(C)O2)cc1. The van der Waals surface area contributed by atoms with Crippen LogP contribution in [0, 0.1) is 0 Å². The summed E-state index contributed by atoms with van der Waals surface area (Å²) in [4.78, 5) is 11.6. The minimum Gasteiger partial charge on any atom is -0.399 e. The monoisotopic (exact) mass is 260 g/mol. The van der Waals surface area contributed by atoms with Gasteiger partial charge in [0.05, 0.1) is 11.2 Å². The number of Topliss-reactive ketones (excluding diaryl/α,β-unsaturated/α-hetero) is 1. The molecule has 19 heavy (non-hydrogen) atoms. The summed E-state index contributed by atoms with van der Waals surface area (Å²) in [6, 6.07) is 7.49. The van der Waals surface area contributed by atoms with Gasteiger partial charge in [-0.05, 0) is 33.2 Å². The first-order chi connectivity index (χ1) is 8.77. The molecule has 0 unspecified atom stereocenters. The van der Waals surface area contributed by atoms with Crippen molar-refractivity contribution in [3.63, 3.8) is 0 Å². The Kier molecular flexibility index (Phi) is 3.58. The van der Waals surface area contributed by atoms with E-state index in [1.807, 2.05) is 58.9 Å². The summed E-state index contributed by atoms with van der Waals surface area (Å²) in [5.74, 6) is 0.153.